The van der Waals surface area contributed by atoms with Crippen LogP contribution >= 0.6 is 0 Å². The zero-order valence-corrected chi connectivity index (χ0v) is 11.0. The number of aryl methyl sites for hydroxylation is 2. The number of pyridine rings is 2. The minimum atomic E-state index is -1.13. The first kappa shape index (κ1) is 13.7. The zero-order chi connectivity index (χ0) is 14.7. The van der Waals surface area contributed by atoms with Gasteiger partial charge in [0.2, 0.25) is 0 Å². The molecule has 2 rings (SSSR count). The van der Waals surface area contributed by atoms with Crippen molar-refractivity contribution in [2.75, 3.05) is 5.32 Å². The second-order valence-corrected chi connectivity index (χ2v) is 4.36. The number of nitrogens with zero attached hydrogens (tertiary/aromatic N) is 2. The number of hydrogen-bond acceptors (Lipinski definition) is 4. The number of nitrogens with one attached hydrogen (secondary N) is 1. The summed E-state index contributed by atoms with van der Waals surface area (Å²) in [4.78, 5) is 30.5. The number of carboxylic acids is 1. The molecule has 0 aliphatic carbocycles. The summed E-state index contributed by atoms with van der Waals surface area (Å²) in [5, 5.41) is 11.4. The fourth-order valence-corrected chi connectivity index (χ4v) is 1.75. The Morgan fingerprint density at radius 1 is 1.20 bits per heavy atom. The van der Waals surface area contributed by atoms with Gasteiger partial charge in [-0.2, -0.15) is 0 Å². The van der Waals surface area contributed by atoms with E-state index in [2.05, 4.69) is 15.3 Å². The molecule has 6 nitrogen and oxygen atoms in total. The summed E-state index contributed by atoms with van der Waals surface area (Å²) in [5.74, 6) is -1.06. The van der Waals surface area contributed by atoms with Gasteiger partial charge in [-0.3, -0.25) is 4.79 Å². The van der Waals surface area contributed by atoms with Crippen molar-refractivity contribution in [2.24, 2.45) is 0 Å². The maximum absolute atomic E-state index is 12.0. The Morgan fingerprint density at radius 3 is 2.50 bits per heavy atom. The van der Waals surface area contributed by atoms with Crippen molar-refractivity contribution >= 4 is 17.7 Å². The van der Waals surface area contributed by atoms with Gasteiger partial charge in [0.05, 0.1) is 5.56 Å². The number of carbonyl (C=O) groups is 2. The number of anilines is 1. The molecule has 0 unspecified atom stereocenters. The third-order valence-corrected chi connectivity index (χ3v) is 2.58. The minimum Gasteiger partial charge on any atom is -0.477 e. The number of carboxylic acid groups (broad SMARTS) is 1. The number of aromatic carboxylic acids is 1. The zero-order valence-electron chi connectivity index (χ0n) is 11.0. The smallest absolute Gasteiger partial charge is 0.354 e. The molecular formula is C14H13N3O3. The molecule has 0 radical (unpaired) electrons. The lowest BCUT2D eigenvalue weighted by Crippen LogP contribution is -2.14. The molecule has 2 aromatic heterocycles. The summed E-state index contributed by atoms with van der Waals surface area (Å²) in [5.41, 5.74) is 1.97. The van der Waals surface area contributed by atoms with Crippen LogP contribution in [-0.4, -0.2) is 27.0 Å². The predicted octanol–water partition coefficient (Wildman–Crippen LogP) is 2.04. The molecule has 0 fully saturated rings. The maximum atomic E-state index is 12.0. The van der Waals surface area contributed by atoms with Gasteiger partial charge in [-0.1, -0.05) is 0 Å². The first-order valence-electron chi connectivity index (χ1n) is 5.91. The van der Waals surface area contributed by atoms with Crippen molar-refractivity contribution in [2.45, 2.75) is 13.8 Å². The molecule has 0 saturated heterocycles. The fourth-order valence-electron chi connectivity index (χ4n) is 1.75. The monoisotopic (exact) mass is 271 g/mol. The molecule has 0 aliphatic rings. The predicted molar refractivity (Wildman–Crippen MR) is 72.9 cm³/mol. The Labute approximate surface area is 115 Å². The van der Waals surface area contributed by atoms with Gasteiger partial charge in [-0.15, -0.1) is 0 Å². The van der Waals surface area contributed by atoms with E-state index in [-0.39, 0.29) is 17.2 Å². The molecule has 0 aromatic carbocycles. The number of hydrogen-bond donors (Lipinski definition) is 2. The van der Waals surface area contributed by atoms with Gasteiger partial charge in [0.1, 0.15) is 11.5 Å². The lowest BCUT2D eigenvalue weighted by Gasteiger charge is -2.06. The highest BCUT2D eigenvalue weighted by Crippen LogP contribution is 2.11. The van der Waals surface area contributed by atoms with Gasteiger partial charge in [0, 0.05) is 11.9 Å². The van der Waals surface area contributed by atoms with E-state index in [9.17, 15) is 9.59 Å². The van der Waals surface area contributed by atoms with Crippen LogP contribution in [0.3, 0.4) is 0 Å². The van der Waals surface area contributed by atoms with Crippen LogP contribution in [0.25, 0.3) is 0 Å². The van der Waals surface area contributed by atoms with Crippen LogP contribution in [0.15, 0.2) is 30.5 Å². The van der Waals surface area contributed by atoms with Crippen LogP contribution in [0.4, 0.5) is 5.82 Å². The van der Waals surface area contributed by atoms with Crippen LogP contribution in [0.1, 0.15) is 32.1 Å². The summed E-state index contributed by atoms with van der Waals surface area (Å²) in [6.45, 7) is 3.75. The highest BCUT2D eigenvalue weighted by molar-refractivity contribution is 6.03. The third-order valence-electron chi connectivity index (χ3n) is 2.58. The summed E-state index contributed by atoms with van der Waals surface area (Å²) >= 11 is 0. The standard InChI is InChI=1S/C14H13N3O3/c1-8-5-9(2)16-12(6-8)17-13(18)10-3-4-11(14(19)20)15-7-10/h3-7H,1-2H3,(H,19,20)(H,16,17,18). The molecular weight excluding hydrogens is 258 g/mol. The Morgan fingerprint density at radius 2 is 1.95 bits per heavy atom. The Bertz CT molecular complexity index is 646. The molecule has 1 amide bonds. The largest absolute Gasteiger partial charge is 0.477 e. The van der Waals surface area contributed by atoms with Gasteiger partial charge in [-0.05, 0) is 43.7 Å². The summed E-state index contributed by atoms with van der Waals surface area (Å²) in [6, 6.07) is 6.35. The van der Waals surface area contributed by atoms with Crippen LogP contribution in [-0.2, 0) is 0 Å². The number of carbonyl (C=O) groups excluding carboxylic acids is 1. The fraction of sp³-hybridized carbons (Fsp3) is 0.143. The minimum absolute atomic E-state index is 0.105. The van der Waals surface area contributed by atoms with Crippen molar-refractivity contribution in [3.8, 4) is 0 Å². The lowest BCUT2D eigenvalue weighted by atomic mass is 10.2. The average Bonchev–Trinajstić information content (AvgIpc) is 2.37. The van der Waals surface area contributed by atoms with Crippen LogP contribution in [0, 0.1) is 13.8 Å². The molecule has 0 bridgehead atoms. The van der Waals surface area contributed by atoms with Crippen LogP contribution in [0.2, 0.25) is 0 Å². The van der Waals surface area contributed by atoms with E-state index in [1.165, 1.54) is 18.3 Å². The second kappa shape index (κ2) is 5.48. The van der Waals surface area contributed by atoms with Gasteiger partial charge in [0.25, 0.3) is 5.91 Å². The average molecular weight is 271 g/mol. The van der Waals surface area contributed by atoms with E-state index in [1.807, 2.05) is 19.9 Å². The molecule has 20 heavy (non-hydrogen) atoms. The molecule has 0 aliphatic heterocycles. The topological polar surface area (TPSA) is 92.2 Å². The van der Waals surface area contributed by atoms with E-state index in [0.29, 0.717) is 5.82 Å². The highest BCUT2D eigenvalue weighted by Gasteiger charge is 2.10. The van der Waals surface area contributed by atoms with Crippen molar-refractivity contribution in [1.29, 1.82) is 0 Å². The van der Waals surface area contributed by atoms with Crippen molar-refractivity contribution in [1.82, 2.24) is 9.97 Å². The van der Waals surface area contributed by atoms with E-state index < -0.39 is 5.97 Å². The first-order chi connectivity index (χ1) is 9.45. The molecule has 2 N–H and O–H groups in total. The van der Waals surface area contributed by atoms with E-state index in [1.54, 1.807) is 6.07 Å². The van der Waals surface area contributed by atoms with Gasteiger partial charge < -0.3 is 10.4 Å². The quantitative estimate of drug-likeness (QED) is 0.891. The lowest BCUT2D eigenvalue weighted by molar-refractivity contribution is 0.0690. The summed E-state index contributed by atoms with van der Waals surface area (Å²) < 4.78 is 0. The van der Waals surface area contributed by atoms with Crippen molar-refractivity contribution in [3.05, 3.63) is 53.0 Å². The first-order valence-corrected chi connectivity index (χ1v) is 5.91. The summed E-state index contributed by atoms with van der Waals surface area (Å²) in [7, 11) is 0. The maximum Gasteiger partial charge on any atom is 0.354 e. The Hall–Kier alpha value is -2.76. The van der Waals surface area contributed by atoms with Crippen LogP contribution in [0.5, 0.6) is 0 Å². The van der Waals surface area contributed by atoms with E-state index in [0.717, 1.165) is 11.3 Å². The van der Waals surface area contributed by atoms with Crippen LogP contribution < -0.4 is 5.32 Å². The highest BCUT2D eigenvalue weighted by atomic mass is 16.4. The summed E-state index contributed by atoms with van der Waals surface area (Å²) in [6.07, 6.45) is 1.22. The molecule has 2 aromatic rings. The SMILES string of the molecule is Cc1cc(C)nc(NC(=O)c2ccc(C(=O)O)nc2)c1. The van der Waals surface area contributed by atoms with Crippen molar-refractivity contribution in [3.63, 3.8) is 0 Å². The van der Waals surface area contributed by atoms with E-state index in [4.69, 9.17) is 5.11 Å². The second-order valence-electron chi connectivity index (χ2n) is 4.36. The Kier molecular flexibility index (Phi) is 3.74. The molecule has 0 atom stereocenters. The number of rotatable bonds is 3. The third kappa shape index (κ3) is 3.17. The normalized spacial score (nSPS) is 10.1. The molecule has 0 saturated carbocycles. The molecule has 102 valence electrons. The van der Waals surface area contributed by atoms with Gasteiger partial charge in [0.15, 0.2) is 0 Å². The number of amides is 1. The number of aromatic nitrogens is 2. The molecule has 6 heteroatoms. The molecule has 2 heterocycles. The molecule has 0 spiro atoms. The van der Waals surface area contributed by atoms with Crippen molar-refractivity contribution < 1.29 is 14.7 Å². The van der Waals surface area contributed by atoms with E-state index >= 15 is 0 Å². The Balaban J connectivity index is 2.17. The van der Waals surface area contributed by atoms with Gasteiger partial charge >= 0.3 is 5.97 Å². The van der Waals surface area contributed by atoms with Gasteiger partial charge in [-0.25, -0.2) is 14.8 Å².